The number of aromatic nitrogens is 1. The molecule has 1 aromatic heterocycles. The smallest absolute Gasteiger partial charge is 0.165 e. The molecule has 0 aliphatic rings. The zero-order valence-electron chi connectivity index (χ0n) is 13.2. The first-order chi connectivity index (χ1) is 10.8. The van der Waals surface area contributed by atoms with Crippen molar-refractivity contribution in [3.63, 3.8) is 0 Å². The van der Waals surface area contributed by atoms with Crippen LogP contribution in [0.15, 0.2) is 42.6 Å². The van der Waals surface area contributed by atoms with Gasteiger partial charge in [-0.1, -0.05) is 38.3 Å². The van der Waals surface area contributed by atoms with Crippen LogP contribution < -0.4 is 4.74 Å². The van der Waals surface area contributed by atoms with E-state index in [4.69, 9.17) is 4.74 Å². The maximum atomic E-state index is 14.0. The van der Waals surface area contributed by atoms with Gasteiger partial charge >= 0.3 is 0 Å². The van der Waals surface area contributed by atoms with Crippen molar-refractivity contribution in [1.82, 2.24) is 4.98 Å². The number of pyridine rings is 1. The average Bonchev–Trinajstić information content (AvgIpc) is 2.55. The van der Waals surface area contributed by atoms with Crippen LogP contribution in [-0.2, 0) is 12.8 Å². The molecule has 118 valence electrons. The molecule has 0 saturated carbocycles. The monoisotopic (exact) mass is 301 g/mol. The number of unbranched alkanes of at least 4 members (excludes halogenated alkanes) is 3. The fraction of sp³-hybridized carbons (Fsp3) is 0.421. The van der Waals surface area contributed by atoms with Crippen LogP contribution in [0, 0.1) is 5.82 Å². The molecular weight excluding hydrogens is 277 g/mol. The zero-order chi connectivity index (χ0) is 15.6. The van der Waals surface area contributed by atoms with Gasteiger partial charge < -0.3 is 4.74 Å². The third kappa shape index (κ3) is 5.47. The number of aryl methyl sites for hydroxylation is 2. The summed E-state index contributed by atoms with van der Waals surface area (Å²) in [6.07, 6.45) is 7.90. The van der Waals surface area contributed by atoms with Gasteiger partial charge in [0.1, 0.15) is 0 Å². The highest BCUT2D eigenvalue weighted by molar-refractivity contribution is 5.29. The predicted molar refractivity (Wildman–Crippen MR) is 87.7 cm³/mol. The van der Waals surface area contributed by atoms with E-state index in [1.54, 1.807) is 18.3 Å². The lowest BCUT2D eigenvalue weighted by Gasteiger charge is -2.09. The first-order valence-electron chi connectivity index (χ1n) is 8.10. The minimum atomic E-state index is -0.269. The Morgan fingerprint density at radius 2 is 1.95 bits per heavy atom. The molecule has 0 bridgehead atoms. The maximum Gasteiger partial charge on any atom is 0.165 e. The standard InChI is InChI=1S/C19H24FNO/c1-2-3-4-7-14-22-19-12-10-16(15-18(19)20)9-11-17-8-5-6-13-21-17/h5-6,8,10,12-13,15H,2-4,7,9,11,14H2,1H3. The van der Waals surface area contributed by atoms with Crippen LogP contribution in [0.25, 0.3) is 0 Å². The summed E-state index contributed by atoms with van der Waals surface area (Å²) in [6.45, 7) is 2.76. The van der Waals surface area contributed by atoms with Crippen LogP contribution in [0.3, 0.4) is 0 Å². The molecule has 2 nitrogen and oxygen atoms in total. The van der Waals surface area contributed by atoms with Gasteiger partial charge in [-0.15, -0.1) is 0 Å². The molecule has 3 heteroatoms. The highest BCUT2D eigenvalue weighted by Crippen LogP contribution is 2.19. The van der Waals surface area contributed by atoms with Crippen molar-refractivity contribution in [2.75, 3.05) is 6.61 Å². The molecule has 0 atom stereocenters. The van der Waals surface area contributed by atoms with Crippen molar-refractivity contribution in [2.45, 2.75) is 45.4 Å². The number of nitrogens with zero attached hydrogens (tertiary/aromatic N) is 1. The fourth-order valence-electron chi connectivity index (χ4n) is 2.35. The second kappa shape index (κ2) is 9.19. The molecule has 0 saturated heterocycles. The third-order valence-corrected chi connectivity index (χ3v) is 3.65. The molecule has 2 rings (SSSR count). The van der Waals surface area contributed by atoms with E-state index in [0.717, 1.165) is 36.9 Å². The largest absolute Gasteiger partial charge is 0.491 e. The second-order valence-electron chi connectivity index (χ2n) is 5.49. The van der Waals surface area contributed by atoms with Gasteiger partial charge in [0.05, 0.1) is 6.61 Å². The Balaban J connectivity index is 1.81. The minimum Gasteiger partial charge on any atom is -0.491 e. The van der Waals surface area contributed by atoms with Crippen LogP contribution in [0.5, 0.6) is 5.75 Å². The van der Waals surface area contributed by atoms with Crippen LogP contribution in [0.2, 0.25) is 0 Å². The molecule has 22 heavy (non-hydrogen) atoms. The number of hydrogen-bond donors (Lipinski definition) is 0. The van der Waals surface area contributed by atoms with Crippen LogP contribution in [0.1, 0.15) is 43.9 Å². The predicted octanol–water partition coefficient (Wildman–Crippen LogP) is 4.97. The van der Waals surface area contributed by atoms with Crippen molar-refractivity contribution >= 4 is 0 Å². The molecule has 0 amide bonds. The summed E-state index contributed by atoms with van der Waals surface area (Å²) in [5, 5.41) is 0. The van der Waals surface area contributed by atoms with E-state index in [0.29, 0.717) is 12.4 Å². The molecule has 0 radical (unpaired) electrons. The van der Waals surface area contributed by atoms with Gasteiger partial charge in [0, 0.05) is 11.9 Å². The van der Waals surface area contributed by atoms with Gasteiger partial charge in [0.25, 0.3) is 0 Å². The third-order valence-electron chi connectivity index (χ3n) is 3.65. The molecular formula is C19H24FNO. The zero-order valence-corrected chi connectivity index (χ0v) is 13.2. The lowest BCUT2D eigenvalue weighted by atomic mass is 10.1. The van der Waals surface area contributed by atoms with E-state index >= 15 is 0 Å². The fourth-order valence-corrected chi connectivity index (χ4v) is 2.35. The number of rotatable bonds is 9. The molecule has 0 N–H and O–H groups in total. The number of halogens is 1. The van der Waals surface area contributed by atoms with Gasteiger partial charge in [0.2, 0.25) is 0 Å². The Morgan fingerprint density at radius 3 is 2.68 bits per heavy atom. The van der Waals surface area contributed by atoms with E-state index in [9.17, 15) is 4.39 Å². The van der Waals surface area contributed by atoms with Crippen molar-refractivity contribution in [1.29, 1.82) is 0 Å². The Morgan fingerprint density at radius 1 is 1.05 bits per heavy atom. The average molecular weight is 301 g/mol. The van der Waals surface area contributed by atoms with E-state index < -0.39 is 0 Å². The van der Waals surface area contributed by atoms with Gasteiger partial charge in [-0.2, -0.15) is 0 Å². The number of benzene rings is 1. The summed E-state index contributed by atoms with van der Waals surface area (Å²) in [5.41, 5.74) is 2.00. The quantitative estimate of drug-likeness (QED) is 0.610. The van der Waals surface area contributed by atoms with Crippen molar-refractivity contribution in [3.8, 4) is 5.75 Å². The number of ether oxygens (including phenoxy) is 1. The van der Waals surface area contributed by atoms with Crippen LogP contribution in [0.4, 0.5) is 4.39 Å². The number of hydrogen-bond acceptors (Lipinski definition) is 2. The van der Waals surface area contributed by atoms with E-state index in [1.807, 2.05) is 24.3 Å². The van der Waals surface area contributed by atoms with E-state index in [1.165, 1.54) is 12.8 Å². The molecule has 2 aromatic rings. The summed E-state index contributed by atoms with van der Waals surface area (Å²) in [6, 6.07) is 11.1. The molecule has 0 aliphatic carbocycles. The van der Waals surface area contributed by atoms with E-state index in [-0.39, 0.29) is 5.82 Å². The highest BCUT2D eigenvalue weighted by Gasteiger charge is 2.05. The molecule has 0 spiro atoms. The summed E-state index contributed by atoms with van der Waals surface area (Å²) in [5.74, 6) is 0.0899. The molecule has 0 aliphatic heterocycles. The second-order valence-corrected chi connectivity index (χ2v) is 5.49. The normalized spacial score (nSPS) is 10.6. The van der Waals surface area contributed by atoms with Crippen molar-refractivity contribution < 1.29 is 9.13 Å². The van der Waals surface area contributed by atoms with Crippen LogP contribution >= 0.6 is 0 Å². The minimum absolute atomic E-state index is 0.269. The van der Waals surface area contributed by atoms with Crippen molar-refractivity contribution in [2.24, 2.45) is 0 Å². The molecule has 0 fully saturated rings. The first-order valence-corrected chi connectivity index (χ1v) is 8.10. The Hall–Kier alpha value is -1.90. The van der Waals surface area contributed by atoms with Gasteiger partial charge in [-0.05, 0) is 49.1 Å². The summed E-state index contributed by atoms with van der Waals surface area (Å²) >= 11 is 0. The highest BCUT2D eigenvalue weighted by atomic mass is 19.1. The molecule has 1 aromatic carbocycles. The Kier molecular flexibility index (Phi) is 6.88. The van der Waals surface area contributed by atoms with Gasteiger partial charge in [-0.25, -0.2) is 4.39 Å². The first kappa shape index (κ1) is 16.5. The molecule has 0 unspecified atom stereocenters. The maximum absolute atomic E-state index is 14.0. The summed E-state index contributed by atoms with van der Waals surface area (Å²) in [4.78, 5) is 4.28. The lowest BCUT2D eigenvalue weighted by molar-refractivity contribution is 0.290. The van der Waals surface area contributed by atoms with Crippen molar-refractivity contribution in [3.05, 3.63) is 59.7 Å². The van der Waals surface area contributed by atoms with E-state index in [2.05, 4.69) is 11.9 Å². The Labute approximate surface area is 132 Å². The topological polar surface area (TPSA) is 22.1 Å². The Bertz CT molecular complexity index is 557. The van der Waals surface area contributed by atoms with Gasteiger partial charge in [-0.3, -0.25) is 4.98 Å². The van der Waals surface area contributed by atoms with Gasteiger partial charge in [0.15, 0.2) is 11.6 Å². The van der Waals surface area contributed by atoms with Crippen LogP contribution in [-0.4, -0.2) is 11.6 Å². The SMILES string of the molecule is CCCCCCOc1ccc(CCc2ccccn2)cc1F. The molecule has 1 heterocycles. The summed E-state index contributed by atoms with van der Waals surface area (Å²) < 4.78 is 19.5. The lowest BCUT2D eigenvalue weighted by Crippen LogP contribution is -2.00. The summed E-state index contributed by atoms with van der Waals surface area (Å²) in [7, 11) is 0.